The monoisotopic (exact) mass is 1430 g/mol. The second-order valence-corrected chi connectivity index (χ2v) is 27.5. The molecule has 0 radical (unpaired) electrons. The Labute approximate surface area is 622 Å². The molecule has 0 bridgehead atoms. The Balaban J connectivity index is 0.000000140. The van der Waals surface area contributed by atoms with E-state index in [4.69, 9.17) is 4.98 Å². The van der Waals surface area contributed by atoms with Crippen LogP contribution in [0.4, 0.5) is 22.7 Å². The van der Waals surface area contributed by atoms with Crippen LogP contribution in [0.2, 0.25) is 0 Å². The number of aromatic nitrogens is 3. The second kappa shape index (κ2) is 23.5. The first-order chi connectivity index (χ1) is 53.8. The number of imide groups is 4. The van der Waals surface area contributed by atoms with Gasteiger partial charge in [-0.2, -0.15) is 0 Å². The van der Waals surface area contributed by atoms with Crippen LogP contribution >= 0.6 is 0 Å². The van der Waals surface area contributed by atoms with E-state index < -0.39 is 47.3 Å². The zero-order chi connectivity index (χ0) is 74.2. The topological polar surface area (TPSA) is 213 Å². The van der Waals surface area contributed by atoms with E-state index in [-0.39, 0.29) is 88.9 Å². The maximum absolute atomic E-state index is 14.6. The van der Waals surface area contributed by atoms with Crippen molar-refractivity contribution in [1.29, 1.82) is 0 Å². The summed E-state index contributed by atoms with van der Waals surface area (Å²) < 4.78 is 3.73. The van der Waals surface area contributed by atoms with Gasteiger partial charge >= 0.3 is 0 Å². The number of hydrogen-bond donors (Lipinski definition) is 2. The van der Waals surface area contributed by atoms with E-state index >= 15 is 0 Å². The predicted octanol–water partition coefficient (Wildman–Crippen LogP) is 19.0. The molecule has 6 heterocycles. The molecule has 0 fully saturated rings. The summed E-state index contributed by atoms with van der Waals surface area (Å²) in [6.45, 7) is 0. The van der Waals surface area contributed by atoms with Crippen LogP contribution in [-0.4, -0.2) is 71.6 Å². The smallest absolute Gasteiger partial charge is 0.266 e. The van der Waals surface area contributed by atoms with Gasteiger partial charge in [-0.1, -0.05) is 188 Å². The third-order valence-electron chi connectivity index (χ3n) is 21.8. The van der Waals surface area contributed by atoms with Crippen LogP contribution < -0.4 is 19.6 Å². The number of phenols is 2. The predicted molar refractivity (Wildman–Crippen MR) is 426 cm³/mol. The highest BCUT2D eigenvalue weighted by Crippen LogP contribution is 2.50. The molecular formula is C93H51N7O10. The summed E-state index contributed by atoms with van der Waals surface area (Å²) in [5.41, 5.74) is 7.02. The fourth-order valence-corrected chi connectivity index (χ4v) is 17.0. The number of aromatic hydroxyl groups is 2. The number of fused-ring (bicyclic) bond motifs is 8. The minimum Gasteiger partial charge on any atom is -0.504 e. The molecule has 8 amide bonds. The number of carbonyl (C=O) groups excluding carboxylic acids is 8. The minimum absolute atomic E-state index is 0.0181. The van der Waals surface area contributed by atoms with Gasteiger partial charge in [-0.15, -0.1) is 0 Å². The average Bonchev–Trinajstić information content (AvgIpc) is 1.06. The van der Waals surface area contributed by atoms with Crippen LogP contribution in [0.5, 0.6) is 11.5 Å². The van der Waals surface area contributed by atoms with Crippen LogP contribution in [0.25, 0.3) is 120 Å². The number of hydrogen-bond acceptors (Lipinski definition) is 11. The lowest BCUT2D eigenvalue weighted by Gasteiger charge is -2.33. The van der Waals surface area contributed by atoms with Gasteiger partial charge in [-0.05, 0) is 131 Å². The highest BCUT2D eigenvalue weighted by atomic mass is 16.3. The van der Waals surface area contributed by atoms with Crippen molar-refractivity contribution in [2.75, 3.05) is 19.6 Å². The van der Waals surface area contributed by atoms with E-state index in [1.54, 1.807) is 48.5 Å². The molecule has 22 rings (SSSR count). The molecule has 2 aromatic heterocycles. The van der Waals surface area contributed by atoms with Gasteiger partial charge in [0, 0.05) is 104 Å². The fraction of sp³-hybridized carbons (Fsp3) is 0. The van der Waals surface area contributed by atoms with Crippen molar-refractivity contribution in [1.82, 2.24) is 14.1 Å². The van der Waals surface area contributed by atoms with Gasteiger partial charge < -0.3 is 14.8 Å². The summed E-state index contributed by atoms with van der Waals surface area (Å²) in [5, 5.41) is 33.4. The van der Waals surface area contributed by atoms with Crippen LogP contribution in [-0.2, 0) is 0 Å². The maximum atomic E-state index is 14.6. The van der Waals surface area contributed by atoms with Crippen molar-refractivity contribution >= 4 is 167 Å². The Morgan fingerprint density at radius 1 is 0.236 bits per heavy atom. The van der Waals surface area contributed by atoms with Crippen LogP contribution in [0.15, 0.2) is 297 Å². The first-order valence-corrected chi connectivity index (χ1v) is 35.5. The maximum Gasteiger partial charge on any atom is 0.266 e. The summed E-state index contributed by atoms with van der Waals surface area (Å²) >= 11 is 0. The Morgan fingerprint density at radius 3 is 0.882 bits per heavy atom. The third kappa shape index (κ3) is 8.75. The lowest BCUT2D eigenvalue weighted by atomic mass is 9.85. The van der Waals surface area contributed by atoms with Gasteiger partial charge in [0.1, 0.15) is 5.82 Å². The number of carbonyl (C=O) groups is 8. The lowest BCUT2D eigenvalue weighted by molar-refractivity contribution is 0.0873. The largest absolute Gasteiger partial charge is 0.504 e. The van der Waals surface area contributed by atoms with Crippen molar-refractivity contribution in [3.63, 3.8) is 0 Å². The quantitative estimate of drug-likeness (QED) is 0.113. The van der Waals surface area contributed by atoms with Gasteiger partial charge in [0.15, 0.2) is 11.5 Å². The molecule has 4 aliphatic heterocycles. The molecule has 2 N–H and O–H groups in total. The van der Waals surface area contributed by atoms with Gasteiger partial charge in [-0.25, -0.2) is 24.6 Å². The molecule has 0 aliphatic carbocycles. The number of amides is 8. The number of anilines is 4. The Hall–Kier alpha value is -15.5. The summed E-state index contributed by atoms with van der Waals surface area (Å²) in [4.78, 5) is 126. The third-order valence-corrected chi connectivity index (χ3v) is 21.8. The molecule has 0 spiro atoms. The number of para-hydroxylation sites is 6. The minimum atomic E-state index is -0.695. The number of imidazole rings is 1. The molecule has 18 aromatic rings. The fourth-order valence-electron chi connectivity index (χ4n) is 17.0. The molecule has 16 aromatic carbocycles. The molecular weight excluding hydrogens is 1380 g/mol. The van der Waals surface area contributed by atoms with E-state index in [1.807, 2.05) is 221 Å². The molecule has 0 saturated heterocycles. The standard InChI is InChI=1S/C47H26N4O5.C46H25N3O5/c52-42-37(49-36-18-9-8-17-35(36)48-43(49)26-11-2-1-3-12-26)19-10-20-38(42)50-44(53)31-21-23-33-40-34(24-22-32(39(31)40)45(50)54)47(56)51(46(33)55)41-29-15-6-4-13-27(29)25-28-14-5-7-16-30(28)41;50-42-37(47-35-16-7-5-14-29(35)30-15-6-8-17-36(30)47)18-9-19-38(42)48-43(51)31-20-22-33-40-34(23-21-32(39(31)40)44(48)52)46(54)49(45(33)53)41-27-12-3-1-10-25(27)24-26-11-2-4-13-28(26)41/h1-25,52H;1-24,50H. The van der Waals surface area contributed by atoms with E-state index in [0.717, 1.165) is 85.8 Å². The van der Waals surface area contributed by atoms with Crippen LogP contribution in [0.1, 0.15) is 82.9 Å². The van der Waals surface area contributed by atoms with Crippen molar-refractivity contribution in [2.24, 2.45) is 0 Å². The van der Waals surface area contributed by atoms with Crippen LogP contribution in [0, 0.1) is 0 Å². The number of rotatable bonds is 7. The van der Waals surface area contributed by atoms with Crippen molar-refractivity contribution in [3.05, 3.63) is 342 Å². The van der Waals surface area contributed by atoms with Gasteiger partial charge in [0.25, 0.3) is 47.3 Å². The van der Waals surface area contributed by atoms with E-state index in [9.17, 15) is 48.6 Å². The Kier molecular flexibility index (Phi) is 13.5. The van der Waals surface area contributed by atoms with Crippen molar-refractivity contribution in [3.8, 4) is 34.3 Å². The molecule has 4 aliphatic rings. The second-order valence-electron chi connectivity index (χ2n) is 27.5. The van der Waals surface area contributed by atoms with Crippen LogP contribution in [0.3, 0.4) is 0 Å². The summed E-state index contributed by atoms with van der Waals surface area (Å²) in [6.07, 6.45) is 0. The summed E-state index contributed by atoms with van der Waals surface area (Å²) in [7, 11) is 0. The molecule has 17 heteroatoms. The van der Waals surface area contributed by atoms with E-state index in [2.05, 4.69) is 0 Å². The average molecular weight is 1430 g/mol. The molecule has 518 valence electrons. The molecule has 0 unspecified atom stereocenters. The van der Waals surface area contributed by atoms with Gasteiger partial charge in [0.2, 0.25) is 0 Å². The first-order valence-electron chi connectivity index (χ1n) is 35.5. The molecule has 17 nitrogen and oxygen atoms in total. The molecule has 110 heavy (non-hydrogen) atoms. The van der Waals surface area contributed by atoms with Gasteiger partial charge in [-0.3, -0.25) is 42.9 Å². The zero-order valence-electron chi connectivity index (χ0n) is 57.6. The van der Waals surface area contributed by atoms with Gasteiger partial charge in [0.05, 0.1) is 56.2 Å². The zero-order valence-corrected chi connectivity index (χ0v) is 57.6. The number of nitrogens with zero attached hydrogens (tertiary/aromatic N) is 7. The highest BCUT2D eigenvalue weighted by Gasteiger charge is 2.45. The highest BCUT2D eigenvalue weighted by molar-refractivity contribution is 6.46. The van der Waals surface area contributed by atoms with Crippen molar-refractivity contribution in [2.45, 2.75) is 0 Å². The van der Waals surface area contributed by atoms with Crippen molar-refractivity contribution < 1.29 is 48.6 Å². The number of benzene rings is 16. The normalized spacial score (nSPS) is 14.0. The number of phenolic OH excluding ortho intramolecular Hbond substituents is 2. The Bertz CT molecular complexity index is 7060. The van der Waals surface area contributed by atoms with E-state index in [0.29, 0.717) is 34.1 Å². The van der Waals surface area contributed by atoms with E-state index in [1.165, 1.54) is 46.2 Å². The Morgan fingerprint density at radius 2 is 0.518 bits per heavy atom. The first kappa shape index (κ1) is 63.0. The molecule has 0 saturated carbocycles. The summed E-state index contributed by atoms with van der Waals surface area (Å²) in [5.74, 6) is -4.91. The SMILES string of the molecule is O=C1c2ccc3c4c(ccc(c24)C(=O)N1c1cccc(-n2c(-c4ccccc4)nc4ccccc42)c1O)C(=O)N(c1c2ccccc2cc2ccccc12)C3=O.O=C1c2ccc3c4c(ccc(c24)C(=O)N1c1cccc(-n2c4ccccc4c4ccccc42)c1O)C(=O)N(c1c2ccccc2cc2ccccc12)C3=O. The summed E-state index contributed by atoms with van der Waals surface area (Å²) in [6, 6.07) is 89.5. The lowest BCUT2D eigenvalue weighted by Crippen LogP contribution is -2.43. The molecule has 0 atom stereocenters.